The molecule has 0 spiro atoms. The molecule has 0 saturated carbocycles. The first-order valence-corrected chi connectivity index (χ1v) is 4.32. The average molecular weight is 183 g/mol. The molecule has 3 heteroatoms. The van der Waals surface area contributed by atoms with Gasteiger partial charge in [0.15, 0.2) is 12.0 Å². The zero-order chi connectivity index (χ0) is 9.97. The third-order valence-electron chi connectivity index (χ3n) is 2.13. The molecule has 3 nitrogen and oxygen atoms in total. The molecule has 1 aromatic carbocycles. The third-order valence-corrected chi connectivity index (χ3v) is 2.13. The molecule has 0 fully saturated rings. The molecule has 0 aliphatic rings. The number of hydrogen-bond acceptors (Lipinski definition) is 2. The highest BCUT2D eigenvalue weighted by atomic mass is 15.1. The number of benzene rings is 1. The van der Waals surface area contributed by atoms with Crippen molar-refractivity contribution < 1.29 is 0 Å². The van der Waals surface area contributed by atoms with Gasteiger partial charge in [-0.15, -0.1) is 0 Å². The third kappa shape index (κ3) is 1.27. The molecule has 68 valence electrons. The van der Waals surface area contributed by atoms with E-state index in [1.807, 2.05) is 31.2 Å². The summed E-state index contributed by atoms with van der Waals surface area (Å²) in [6.07, 6.45) is 5.34. The highest BCUT2D eigenvalue weighted by molar-refractivity contribution is 5.60. The Bertz CT molecular complexity index is 491. The normalized spacial score (nSPS) is 9.71. The SMILES string of the molecule is Cc1ccccc1-c1nccn1C#N. The van der Waals surface area contributed by atoms with Crippen molar-refractivity contribution in [3.05, 3.63) is 42.2 Å². The molecule has 0 aliphatic carbocycles. The van der Waals surface area contributed by atoms with Gasteiger partial charge in [0.05, 0.1) is 0 Å². The van der Waals surface area contributed by atoms with E-state index in [4.69, 9.17) is 5.26 Å². The monoisotopic (exact) mass is 183 g/mol. The summed E-state index contributed by atoms with van der Waals surface area (Å²) in [6, 6.07) is 7.88. The minimum atomic E-state index is 0.700. The standard InChI is InChI=1S/C11H9N3/c1-9-4-2-3-5-10(9)11-13-6-7-14(11)8-12/h2-7H,1H3. The second-order valence-electron chi connectivity index (χ2n) is 3.04. The Morgan fingerprint density at radius 1 is 1.36 bits per heavy atom. The smallest absolute Gasteiger partial charge is 0.190 e. The second kappa shape index (κ2) is 3.35. The molecule has 14 heavy (non-hydrogen) atoms. The van der Waals surface area contributed by atoms with Crippen molar-refractivity contribution in [1.82, 2.24) is 9.55 Å². The van der Waals surface area contributed by atoms with E-state index in [1.54, 1.807) is 12.4 Å². The fourth-order valence-corrected chi connectivity index (χ4v) is 1.41. The first-order valence-electron chi connectivity index (χ1n) is 4.32. The van der Waals surface area contributed by atoms with E-state index < -0.39 is 0 Å². The maximum Gasteiger partial charge on any atom is 0.190 e. The van der Waals surface area contributed by atoms with Crippen molar-refractivity contribution in [3.8, 4) is 17.6 Å². The van der Waals surface area contributed by atoms with Gasteiger partial charge in [0.25, 0.3) is 0 Å². The van der Waals surface area contributed by atoms with Crippen molar-refractivity contribution in [2.24, 2.45) is 0 Å². The van der Waals surface area contributed by atoms with E-state index in [-0.39, 0.29) is 0 Å². The number of aromatic nitrogens is 2. The molecule has 0 radical (unpaired) electrons. The first-order chi connectivity index (χ1) is 6.83. The van der Waals surface area contributed by atoms with Gasteiger partial charge in [-0.05, 0) is 12.5 Å². The summed E-state index contributed by atoms with van der Waals surface area (Å²) in [4.78, 5) is 4.16. The summed E-state index contributed by atoms with van der Waals surface area (Å²) in [5.74, 6) is 0.700. The van der Waals surface area contributed by atoms with Crippen LogP contribution in [-0.4, -0.2) is 9.55 Å². The fourth-order valence-electron chi connectivity index (χ4n) is 1.41. The van der Waals surface area contributed by atoms with E-state index in [1.165, 1.54) is 4.57 Å². The predicted octanol–water partition coefficient (Wildman–Crippen LogP) is 2.19. The maximum atomic E-state index is 8.83. The number of nitrogens with zero attached hydrogens (tertiary/aromatic N) is 3. The van der Waals surface area contributed by atoms with Crippen LogP contribution in [0.25, 0.3) is 11.4 Å². The Hall–Kier alpha value is -2.08. The van der Waals surface area contributed by atoms with Gasteiger partial charge in [-0.2, -0.15) is 5.26 Å². The van der Waals surface area contributed by atoms with Gasteiger partial charge in [-0.25, -0.2) is 9.55 Å². The van der Waals surface area contributed by atoms with Gasteiger partial charge in [0.2, 0.25) is 0 Å². The summed E-state index contributed by atoms with van der Waals surface area (Å²) >= 11 is 0. The topological polar surface area (TPSA) is 41.6 Å². The highest BCUT2D eigenvalue weighted by Crippen LogP contribution is 2.20. The molecule has 0 N–H and O–H groups in total. The lowest BCUT2D eigenvalue weighted by Crippen LogP contribution is -1.92. The molecular weight excluding hydrogens is 174 g/mol. The van der Waals surface area contributed by atoms with E-state index in [9.17, 15) is 0 Å². The van der Waals surface area contributed by atoms with Crippen LogP contribution in [0.2, 0.25) is 0 Å². The van der Waals surface area contributed by atoms with Gasteiger partial charge in [0.1, 0.15) is 0 Å². The van der Waals surface area contributed by atoms with Crippen LogP contribution in [0.4, 0.5) is 0 Å². The molecule has 1 aromatic heterocycles. The first kappa shape index (κ1) is 8.52. The van der Waals surface area contributed by atoms with Crippen LogP contribution in [0.3, 0.4) is 0 Å². The fraction of sp³-hybridized carbons (Fsp3) is 0.0909. The van der Waals surface area contributed by atoms with Crippen LogP contribution in [0.1, 0.15) is 5.56 Å². The number of hydrogen-bond donors (Lipinski definition) is 0. The van der Waals surface area contributed by atoms with Crippen molar-refractivity contribution in [2.75, 3.05) is 0 Å². The zero-order valence-electron chi connectivity index (χ0n) is 7.81. The van der Waals surface area contributed by atoms with Crippen molar-refractivity contribution in [3.63, 3.8) is 0 Å². The molecule has 0 amide bonds. The zero-order valence-corrected chi connectivity index (χ0v) is 7.81. The molecule has 0 saturated heterocycles. The van der Waals surface area contributed by atoms with Gasteiger partial charge in [0, 0.05) is 18.0 Å². The Morgan fingerprint density at radius 2 is 2.14 bits per heavy atom. The van der Waals surface area contributed by atoms with Crippen LogP contribution in [0.5, 0.6) is 0 Å². The highest BCUT2D eigenvalue weighted by Gasteiger charge is 2.06. The quantitative estimate of drug-likeness (QED) is 0.680. The molecule has 0 atom stereocenters. The van der Waals surface area contributed by atoms with E-state index in [0.29, 0.717) is 5.82 Å². The Morgan fingerprint density at radius 3 is 2.86 bits per heavy atom. The van der Waals surface area contributed by atoms with Crippen LogP contribution in [0, 0.1) is 18.4 Å². The van der Waals surface area contributed by atoms with Crippen LogP contribution in [0.15, 0.2) is 36.7 Å². The summed E-state index contributed by atoms with van der Waals surface area (Å²) in [6.45, 7) is 2.01. The summed E-state index contributed by atoms with van der Waals surface area (Å²) in [5, 5.41) is 8.83. The largest absolute Gasteiger partial charge is 0.236 e. The van der Waals surface area contributed by atoms with Gasteiger partial charge >= 0.3 is 0 Å². The Kier molecular flexibility index (Phi) is 2.04. The summed E-state index contributed by atoms with van der Waals surface area (Å²) in [7, 11) is 0. The average Bonchev–Trinajstić information content (AvgIpc) is 2.66. The van der Waals surface area contributed by atoms with Crippen molar-refractivity contribution in [2.45, 2.75) is 6.92 Å². The van der Waals surface area contributed by atoms with E-state index >= 15 is 0 Å². The Balaban J connectivity index is 2.62. The molecule has 0 bridgehead atoms. The molecule has 0 unspecified atom stereocenters. The number of rotatable bonds is 1. The maximum absolute atomic E-state index is 8.83. The van der Waals surface area contributed by atoms with Crippen molar-refractivity contribution >= 4 is 0 Å². The number of nitriles is 1. The molecular formula is C11H9N3. The second-order valence-corrected chi connectivity index (χ2v) is 3.04. The molecule has 2 rings (SSSR count). The summed E-state index contributed by atoms with van der Waals surface area (Å²) in [5.41, 5.74) is 2.12. The lowest BCUT2D eigenvalue weighted by Gasteiger charge is -2.02. The molecule has 0 aliphatic heterocycles. The van der Waals surface area contributed by atoms with Crippen LogP contribution < -0.4 is 0 Å². The van der Waals surface area contributed by atoms with E-state index in [2.05, 4.69) is 11.2 Å². The van der Waals surface area contributed by atoms with Crippen LogP contribution >= 0.6 is 0 Å². The van der Waals surface area contributed by atoms with E-state index in [0.717, 1.165) is 11.1 Å². The number of aryl methyl sites for hydroxylation is 1. The lowest BCUT2D eigenvalue weighted by atomic mass is 10.1. The summed E-state index contributed by atoms with van der Waals surface area (Å²) < 4.78 is 1.46. The van der Waals surface area contributed by atoms with Crippen molar-refractivity contribution in [1.29, 1.82) is 5.26 Å². The molecule has 1 heterocycles. The lowest BCUT2D eigenvalue weighted by molar-refractivity contribution is 1.08. The van der Waals surface area contributed by atoms with Gasteiger partial charge < -0.3 is 0 Å². The van der Waals surface area contributed by atoms with Crippen LogP contribution in [-0.2, 0) is 0 Å². The Labute approximate surface area is 82.2 Å². The predicted molar refractivity (Wildman–Crippen MR) is 53.4 cm³/mol. The van der Waals surface area contributed by atoms with Gasteiger partial charge in [-0.1, -0.05) is 24.3 Å². The minimum Gasteiger partial charge on any atom is -0.236 e. The van der Waals surface area contributed by atoms with Gasteiger partial charge in [-0.3, -0.25) is 0 Å². The molecule has 2 aromatic rings. The minimum absolute atomic E-state index is 0.700. The number of imidazole rings is 1.